The van der Waals surface area contributed by atoms with Crippen molar-refractivity contribution in [1.29, 1.82) is 0 Å². The standard InChI is InChI=1S/C20H22BrNO4/c1-4-13(2)16-7-5-6-8-17(16)22-20(24)14(3)25-19(23)12-10-15-9-11-18(21)26-15/h5-14H,4H2,1-3H3,(H,22,24)/b12-10+/t13-,14-/m1/s1. The van der Waals surface area contributed by atoms with Gasteiger partial charge in [-0.3, -0.25) is 4.79 Å². The SMILES string of the molecule is CC[C@@H](C)c1ccccc1NC(=O)[C@@H](C)OC(=O)/C=C/c1ccc(Br)o1. The summed E-state index contributed by atoms with van der Waals surface area (Å²) in [4.78, 5) is 24.2. The van der Waals surface area contributed by atoms with E-state index in [9.17, 15) is 9.59 Å². The zero-order valence-corrected chi connectivity index (χ0v) is 16.6. The van der Waals surface area contributed by atoms with Crippen LogP contribution in [0.4, 0.5) is 5.69 Å². The van der Waals surface area contributed by atoms with E-state index in [1.165, 1.54) is 19.1 Å². The second-order valence-electron chi connectivity index (χ2n) is 5.94. The molecule has 0 unspecified atom stereocenters. The number of esters is 1. The van der Waals surface area contributed by atoms with Crippen LogP contribution in [0.5, 0.6) is 0 Å². The number of para-hydroxylation sites is 1. The van der Waals surface area contributed by atoms with Gasteiger partial charge in [-0.2, -0.15) is 0 Å². The lowest BCUT2D eigenvalue weighted by molar-refractivity contribution is -0.148. The van der Waals surface area contributed by atoms with E-state index in [2.05, 4.69) is 35.1 Å². The van der Waals surface area contributed by atoms with E-state index in [1.54, 1.807) is 12.1 Å². The lowest BCUT2D eigenvalue weighted by Gasteiger charge is -2.17. The molecule has 0 radical (unpaired) electrons. The largest absolute Gasteiger partial charge is 0.450 e. The molecule has 0 aliphatic heterocycles. The molecule has 1 amide bonds. The van der Waals surface area contributed by atoms with Gasteiger partial charge in [0.05, 0.1) is 0 Å². The average molecular weight is 420 g/mol. The Morgan fingerprint density at radius 3 is 2.62 bits per heavy atom. The van der Waals surface area contributed by atoms with E-state index in [0.29, 0.717) is 16.3 Å². The van der Waals surface area contributed by atoms with Crippen LogP contribution < -0.4 is 5.32 Å². The molecule has 0 aliphatic rings. The monoisotopic (exact) mass is 419 g/mol. The van der Waals surface area contributed by atoms with Crippen LogP contribution in [-0.4, -0.2) is 18.0 Å². The number of rotatable bonds is 7. The third kappa shape index (κ3) is 5.59. The molecule has 0 aliphatic carbocycles. The number of hydrogen-bond acceptors (Lipinski definition) is 4. The van der Waals surface area contributed by atoms with Crippen LogP contribution in [0.25, 0.3) is 6.08 Å². The highest BCUT2D eigenvalue weighted by atomic mass is 79.9. The number of nitrogens with one attached hydrogen (secondary N) is 1. The Hall–Kier alpha value is -2.34. The van der Waals surface area contributed by atoms with Crippen molar-refractivity contribution < 1.29 is 18.7 Å². The molecule has 0 saturated carbocycles. The summed E-state index contributed by atoms with van der Waals surface area (Å²) >= 11 is 3.18. The Morgan fingerprint density at radius 2 is 1.96 bits per heavy atom. The minimum atomic E-state index is -0.916. The first-order chi connectivity index (χ1) is 12.4. The Bertz CT molecular complexity index is 797. The van der Waals surface area contributed by atoms with E-state index in [-0.39, 0.29) is 5.91 Å². The summed E-state index contributed by atoms with van der Waals surface area (Å²) in [6.07, 6.45) is 2.75. The van der Waals surface area contributed by atoms with Crippen molar-refractivity contribution in [1.82, 2.24) is 0 Å². The molecule has 2 aromatic rings. The van der Waals surface area contributed by atoms with Crippen LogP contribution >= 0.6 is 15.9 Å². The first-order valence-corrected chi connectivity index (χ1v) is 9.23. The maximum absolute atomic E-state index is 12.4. The summed E-state index contributed by atoms with van der Waals surface area (Å²) in [5.74, 6) is -0.160. The molecule has 1 N–H and O–H groups in total. The molecule has 0 spiro atoms. The van der Waals surface area contributed by atoms with Crippen LogP contribution in [0.2, 0.25) is 0 Å². The lowest BCUT2D eigenvalue weighted by atomic mass is 9.97. The number of ether oxygens (including phenoxy) is 1. The summed E-state index contributed by atoms with van der Waals surface area (Å²) in [5.41, 5.74) is 1.80. The van der Waals surface area contributed by atoms with Crippen molar-refractivity contribution >= 4 is 39.6 Å². The number of carbonyl (C=O) groups excluding carboxylic acids is 2. The molecule has 5 nitrogen and oxygen atoms in total. The van der Waals surface area contributed by atoms with Gasteiger partial charge in [0, 0.05) is 11.8 Å². The normalized spacial score (nSPS) is 13.4. The fourth-order valence-electron chi connectivity index (χ4n) is 2.33. The Balaban J connectivity index is 1.95. The number of anilines is 1. The zero-order valence-electron chi connectivity index (χ0n) is 15.0. The smallest absolute Gasteiger partial charge is 0.331 e. The number of carbonyl (C=O) groups is 2. The van der Waals surface area contributed by atoms with Gasteiger partial charge < -0.3 is 14.5 Å². The maximum atomic E-state index is 12.4. The molecular weight excluding hydrogens is 398 g/mol. The fourth-order valence-corrected chi connectivity index (χ4v) is 2.65. The van der Waals surface area contributed by atoms with Gasteiger partial charge in [0.2, 0.25) is 0 Å². The van der Waals surface area contributed by atoms with Gasteiger partial charge in [-0.1, -0.05) is 32.0 Å². The van der Waals surface area contributed by atoms with Gasteiger partial charge in [0.15, 0.2) is 10.8 Å². The highest BCUT2D eigenvalue weighted by Crippen LogP contribution is 2.26. The van der Waals surface area contributed by atoms with Crippen LogP contribution in [0, 0.1) is 0 Å². The first kappa shape index (κ1) is 20.0. The zero-order chi connectivity index (χ0) is 19.1. The second-order valence-corrected chi connectivity index (χ2v) is 6.72. The number of furan rings is 1. The highest BCUT2D eigenvalue weighted by molar-refractivity contribution is 9.10. The molecule has 6 heteroatoms. The molecule has 1 heterocycles. The van der Waals surface area contributed by atoms with Crippen molar-refractivity contribution in [3.05, 3.63) is 58.5 Å². The summed E-state index contributed by atoms with van der Waals surface area (Å²) < 4.78 is 11.0. The van der Waals surface area contributed by atoms with Gasteiger partial charge in [0.1, 0.15) is 5.76 Å². The predicted molar refractivity (Wildman–Crippen MR) is 105 cm³/mol. The summed E-state index contributed by atoms with van der Waals surface area (Å²) in [6, 6.07) is 11.1. The average Bonchev–Trinajstić information content (AvgIpc) is 3.05. The minimum Gasteiger partial charge on any atom is -0.450 e. The van der Waals surface area contributed by atoms with Gasteiger partial charge >= 0.3 is 5.97 Å². The van der Waals surface area contributed by atoms with Crippen LogP contribution in [0.15, 0.2) is 51.6 Å². The van der Waals surface area contributed by atoms with E-state index in [4.69, 9.17) is 9.15 Å². The molecule has 0 saturated heterocycles. The predicted octanol–water partition coefficient (Wildman–Crippen LogP) is 5.14. The van der Waals surface area contributed by atoms with E-state index >= 15 is 0 Å². The summed E-state index contributed by atoms with van der Waals surface area (Å²) in [6.45, 7) is 5.74. The van der Waals surface area contributed by atoms with Crippen LogP contribution in [0.1, 0.15) is 44.4 Å². The molecule has 1 aromatic heterocycles. The van der Waals surface area contributed by atoms with Gasteiger partial charge in [-0.25, -0.2) is 4.79 Å². The summed E-state index contributed by atoms with van der Waals surface area (Å²) in [7, 11) is 0. The molecule has 26 heavy (non-hydrogen) atoms. The van der Waals surface area contributed by atoms with Crippen LogP contribution in [0.3, 0.4) is 0 Å². The lowest BCUT2D eigenvalue weighted by Crippen LogP contribution is -2.29. The fraction of sp³-hybridized carbons (Fsp3) is 0.300. The number of halogens is 1. The number of benzene rings is 1. The Morgan fingerprint density at radius 1 is 1.23 bits per heavy atom. The third-order valence-electron chi connectivity index (χ3n) is 4.00. The maximum Gasteiger partial charge on any atom is 0.331 e. The highest BCUT2D eigenvalue weighted by Gasteiger charge is 2.18. The van der Waals surface area contributed by atoms with Crippen molar-refractivity contribution in [2.24, 2.45) is 0 Å². The topological polar surface area (TPSA) is 68.5 Å². The molecule has 0 bridgehead atoms. The van der Waals surface area contributed by atoms with Gasteiger partial charge in [0.25, 0.3) is 5.91 Å². The third-order valence-corrected chi connectivity index (χ3v) is 4.43. The molecule has 2 rings (SSSR count). The second kappa shape index (κ2) is 9.38. The van der Waals surface area contributed by atoms with E-state index < -0.39 is 12.1 Å². The summed E-state index contributed by atoms with van der Waals surface area (Å²) in [5, 5.41) is 2.84. The Labute approximate surface area is 161 Å². The van der Waals surface area contributed by atoms with E-state index in [0.717, 1.165) is 17.7 Å². The van der Waals surface area contributed by atoms with Crippen molar-refractivity contribution in [2.45, 2.75) is 39.2 Å². The first-order valence-electron chi connectivity index (χ1n) is 8.44. The quantitative estimate of drug-likeness (QED) is 0.498. The molecular formula is C20H22BrNO4. The van der Waals surface area contributed by atoms with Crippen molar-refractivity contribution in [2.75, 3.05) is 5.32 Å². The number of hydrogen-bond donors (Lipinski definition) is 1. The minimum absolute atomic E-state index is 0.319. The van der Waals surface area contributed by atoms with Gasteiger partial charge in [-0.05, 0) is 65.0 Å². The van der Waals surface area contributed by atoms with E-state index in [1.807, 2.05) is 24.3 Å². The number of amides is 1. The van der Waals surface area contributed by atoms with Crippen LogP contribution in [-0.2, 0) is 14.3 Å². The van der Waals surface area contributed by atoms with Crippen molar-refractivity contribution in [3.63, 3.8) is 0 Å². The van der Waals surface area contributed by atoms with Crippen molar-refractivity contribution in [3.8, 4) is 0 Å². The Kier molecular flexibility index (Phi) is 7.21. The molecule has 138 valence electrons. The molecule has 1 aromatic carbocycles. The molecule has 2 atom stereocenters. The molecule has 0 fully saturated rings. The van der Waals surface area contributed by atoms with Gasteiger partial charge in [-0.15, -0.1) is 0 Å².